The van der Waals surface area contributed by atoms with Crippen molar-refractivity contribution in [3.63, 3.8) is 0 Å². The third-order valence-corrected chi connectivity index (χ3v) is 3.67. The van der Waals surface area contributed by atoms with Gasteiger partial charge in [-0.2, -0.15) is 0 Å². The zero-order valence-corrected chi connectivity index (χ0v) is 12.2. The summed E-state index contributed by atoms with van der Waals surface area (Å²) in [4.78, 5) is 0. The van der Waals surface area contributed by atoms with Gasteiger partial charge in [-0.05, 0) is 29.5 Å². The van der Waals surface area contributed by atoms with E-state index in [-0.39, 0.29) is 5.46 Å². The van der Waals surface area contributed by atoms with Crippen LogP contribution in [0.2, 0.25) is 0 Å². The third kappa shape index (κ3) is 3.71. The van der Waals surface area contributed by atoms with Crippen LogP contribution in [0.1, 0.15) is 31.7 Å². The molecule has 110 valence electrons. The molecule has 2 nitrogen and oxygen atoms in total. The van der Waals surface area contributed by atoms with E-state index in [0.717, 1.165) is 30.4 Å². The predicted molar refractivity (Wildman–Crippen MR) is 84.9 cm³/mol. The van der Waals surface area contributed by atoms with E-state index in [1.807, 2.05) is 30.3 Å². The largest absolute Gasteiger partial charge is 0.491 e. The summed E-state index contributed by atoms with van der Waals surface area (Å²) in [5.41, 5.74) is 2.29. The van der Waals surface area contributed by atoms with Crippen molar-refractivity contribution in [1.29, 1.82) is 0 Å². The van der Waals surface area contributed by atoms with E-state index in [1.165, 1.54) is 6.07 Å². The molecule has 0 aliphatic heterocycles. The van der Waals surface area contributed by atoms with Crippen LogP contribution in [-0.2, 0) is 6.42 Å². The molecule has 0 saturated carbocycles. The van der Waals surface area contributed by atoms with Crippen LogP contribution in [0.25, 0.3) is 11.1 Å². The van der Waals surface area contributed by atoms with Crippen molar-refractivity contribution in [2.45, 2.75) is 32.6 Å². The molecule has 0 spiro atoms. The zero-order valence-electron chi connectivity index (χ0n) is 12.2. The topological polar surface area (TPSA) is 40.5 Å². The molecular formula is C17H20BFO2. The van der Waals surface area contributed by atoms with Gasteiger partial charge in [0, 0.05) is 5.46 Å². The minimum absolute atomic E-state index is 0.0545. The summed E-state index contributed by atoms with van der Waals surface area (Å²) in [5, 5.41) is 18.6. The van der Waals surface area contributed by atoms with E-state index >= 15 is 0 Å². The molecule has 0 aliphatic rings. The molecule has 0 unspecified atom stereocenters. The molecule has 0 heterocycles. The summed E-state index contributed by atoms with van der Waals surface area (Å²) in [6.07, 6.45) is 3.58. The van der Waals surface area contributed by atoms with Gasteiger partial charge in [-0.1, -0.05) is 62.2 Å². The number of hydrogen-bond acceptors (Lipinski definition) is 2. The van der Waals surface area contributed by atoms with Crippen LogP contribution in [0, 0.1) is 5.82 Å². The highest BCUT2D eigenvalue weighted by atomic mass is 19.1. The monoisotopic (exact) mass is 286 g/mol. The fourth-order valence-corrected chi connectivity index (χ4v) is 2.52. The maximum atomic E-state index is 14.6. The molecule has 2 aromatic carbocycles. The van der Waals surface area contributed by atoms with Gasteiger partial charge in [-0.25, -0.2) is 4.39 Å². The van der Waals surface area contributed by atoms with Crippen LogP contribution in [0.4, 0.5) is 4.39 Å². The Morgan fingerprint density at radius 3 is 2.33 bits per heavy atom. The normalized spacial score (nSPS) is 10.7. The van der Waals surface area contributed by atoms with Gasteiger partial charge in [0.25, 0.3) is 0 Å². The second kappa shape index (κ2) is 7.39. The van der Waals surface area contributed by atoms with E-state index in [2.05, 4.69) is 6.92 Å². The van der Waals surface area contributed by atoms with Crippen LogP contribution in [0.3, 0.4) is 0 Å². The van der Waals surface area contributed by atoms with Crippen LogP contribution in [-0.4, -0.2) is 17.2 Å². The molecule has 0 bridgehead atoms. The minimum atomic E-state index is -1.78. The van der Waals surface area contributed by atoms with Crippen LogP contribution in [0.5, 0.6) is 0 Å². The van der Waals surface area contributed by atoms with Gasteiger partial charge >= 0.3 is 7.12 Å². The lowest BCUT2D eigenvalue weighted by atomic mass is 9.77. The molecule has 2 aromatic rings. The first kappa shape index (κ1) is 15.7. The molecule has 0 aromatic heterocycles. The van der Waals surface area contributed by atoms with E-state index in [9.17, 15) is 14.4 Å². The Hall–Kier alpha value is -1.65. The molecule has 2 N–H and O–H groups in total. The van der Waals surface area contributed by atoms with Crippen molar-refractivity contribution in [2.24, 2.45) is 0 Å². The number of halogens is 1. The first-order valence-corrected chi connectivity index (χ1v) is 7.38. The third-order valence-electron chi connectivity index (χ3n) is 3.67. The average Bonchev–Trinajstić information content (AvgIpc) is 2.49. The van der Waals surface area contributed by atoms with Crippen LogP contribution < -0.4 is 5.46 Å². The van der Waals surface area contributed by atoms with Gasteiger partial charge in [0.1, 0.15) is 5.82 Å². The minimum Gasteiger partial charge on any atom is -0.423 e. The Labute approximate surface area is 125 Å². The molecule has 0 atom stereocenters. The second-order valence-corrected chi connectivity index (χ2v) is 5.19. The first-order valence-electron chi connectivity index (χ1n) is 7.38. The van der Waals surface area contributed by atoms with Gasteiger partial charge in [0.15, 0.2) is 0 Å². The Bertz CT molecular complexity index is 585. The van der Waals surface area contributed by atoms with Gasteiger partial charge in [0.05, 0.1) is 0 Å². The van der Waals surface area contributed by atoms with E-state index in [4.69, 9.17) is 0 Å². The van der Waals surface area contributed by atoms with Crippen molar-refractivity contribution in [1.82, 2.24) is 0 Å². The van der Waals surface area contributed by atoms with Crippen molar-refractivity contribution >= 4 is 12.6 Å². The highest BCUT2D eigenvalue weighted by Gasteiger charge is 2.21. The smallest absolute Gasteiger partial charge is 0.423 e. The SMILES string of the molecule is CCCCCc1c(-c2ccccc2)ccc(B(O)O)c1F. The van der Waals surface area contributed by atoms with Crippen LogP contribution >= 0.6 is 0 Å². The number of rotatable bonds is 6. The summed E-state index contributed by atoms with van der Waals surface area (Å²) in [6.45, 7) is 2.10. The van der Waals surface area contributed by atoms with Crippen molar-refractivity contribution in [3.05, 3.63) is 53.8 Å². The summed E-state index contributed by atoms with van der Waals surface area (Å²) < 4.78 is 14.6. The highest BCUT2D eigenvalue weighted by Crippen LogP contribution is 2.26. The molecular weight excluding hydrogens is 266 g/mol. The van der Waals surface area contributed by atoms with Crippen molar-refractivity contribution < 1.29 is 14.4 Å². The highest BCUT2D eigenvalue weighted by molar-refractivity contribution is 6.58. The molecule has 21 heavy (non-hydrogen) atoms. The summed E-state index contributed by atoms with van der Waals surface area (Å²) in [6, 6.07) is 12.8. The quantitative estimate of drug-likeness (QED) is 0.633. The van der Waals surface area contributed by atoms with E-state index in [1.54, 1.807) is 6.07 Å². The maximum absolute atomic E-state index is 14.6. The molecule has 0 amide bonds. The number of unbranched alkanes of at least 4 members (excludes halogenated alkanes) is 2. The maximum Gasteiger partial charge on any atom is 0.491 e. The van der Waals surface area contributed by atoms with E-state index < -0.39 is 12.9 Å². The summed E-state index contributed by atoms with van der Waals surface area (Å²) in [5.74, 6) is -0.498. The number of hydrogen-bond donors (Lipinski definition) is 2. The Morgan fingerprint density at radius 1 is 1.00 bits per heavy atom. The fraction of sp³-hybridized carbons (Fsp3) is 0.294. The van der Waals surface area contributed by atoms with Gasteiger partial charge < -0.3 is 10.0 Å². The van der Waals surface area contributed by atoms with Crippen molar-refractivity contribution in [3.8, 4) is 11.1 Å². The second-order valence-electron chi connectivity index (χ2n) is 5.19. The van der Waals surface area contributed by atoms with E-state index in [0.29, 0.717) is 12.0 Å². The zero-order chi connectivity index (χ0) is 15.2. The first-order chi connectivity index (χ1) is 10.1. The molecule has 0 radical (unpaired) electrons. The lowest BCUT2D eigenvalue weighted by molar-refractivity contribution is 0.422. The lowest BCUT2D eigenvalue weighted by Gasteiger charge is -2.14. The van der Waals surface area contributed by atoms with Crippen LogP contribution in [0.15, 0.2) is 42.5 Å². The fourth-order valence-electron chi connectivity index (χ4n) is 2.52. The molecule has 0 saturated heterocycles. The lowest BCUT2D eigenvalue weighted by Crippen LogP contribution is -2.33. The molecule has 2 rings (SSSR count). The molecule has 4 heteroatoms. The van der Waals surface area contributed by atoms with Gasteiger partial charge in [-0.15, -0.1) is 0 Å². The standard InChI is InChI=1S/C17H20BFO2/c1-2-3-5-10-15-14(13-8-6-4-7-9-13)11-12-16(17(15)19)18(20)21/h4,6-9,11-12,20-21H,2-3,5,10H2,1H3. The predicted octanol–water partition coefficient (Wildman–Crippen LogP) is 2.91. The Morgan fingerprint density at radius 2 is 1.71 bits per heavy atom. The van der Waals surface area contributed by atoms with Gasteiger partial charge in [-0.3, -0.25) is 0 Å². The molecule has 0 fully saturated rings. The van der Waals surface area contributed by atoms with Crippen molar-refractivity contribution in [2.75, 3.05) is 0 Å². The number of benzene rings is 2. The Kier molecular flexibility index (Phi) is 5.54. The Balaban J connectivity index is 2.46. The van der Waals surface area contributed by atoms with Gasteiger partial charge in [0.2, 0.25) is 0 Å². The summed E-state index contributed by atoms with van der Waals surface area (Å²) in [7, 11) is -1.78. The molecule has 0 aliphatic carbocycles. The summed E-state index contributed by atoms with van der Waals surface area (Å²) >= 11 is 0. The average molecular weight is 286 g/mol.